The van der Waals surface area contributed by atoms with E-state index in [1.54, 1.807) is 39.0 Å². The second-order valence-electron chi connectivity index (χ2n) is 9.67. The first-order valence-electron chi connectivity index (χ1n) is 11.8. The number of amides is 2. The third-order valence-corrected chi connectivity index (χ3v) is 6.99. The van der Waals surface area contributed by atoms with E-state index in [9.17, 15) is 9.59 Å². The van der Waals surface area contributed by atoms with Crippen molar-refractivity contribution in [1.29, 1.82) is 0 Å². The molecule has 0 aliphatic carbocycles. The number of ether oxygens (including phenoxy) is 2. The Morgan fingerprint density at radius 1 is 1.05 bits per heavy atom. The minimum Gasteiger partial charge on any atom is -0.457 e. The van der Waals surface area contributed by atoms with Gasteiger partial charge in [0.15, 0.2) is 0 Å². The lowest BCUT2D eigenvalue weighted by atomic mass is 9.92. The first-order chi connectivity index (χ1) is 17.5. The summed E-state index contributed by atoms with van der Waals surface area (Å²) in [7, 11) is 0. The Hall–Kier alpha value is -2.74. The van der Waals surface area contributed by atoms with Crippen LogP contribution >= 0.6 is 39.1 Å². The summed E-state index contributed by atoms with van der Waals surface area (Å²) in [4.78, 5) is 28.1. The number of rotatable bonds is 5. The number of fused-ring (bicyclic) bond motifs is 1. The van der Waals surface area contributed by atoms with Gasteiger partial charge in [-0.3, -0.25) is 9.69 Å². The van der Waals surface area contributed by atoms with Gasteiger partial charge in [0.2, 0.25) is 5.91 Å². The highest BCUT2D eigenvalue weighted by atomic mass is 79.9. The van der Waals surface area contributed by atoms with Crippen molar-refractivity contribution < 1.29 is 19.1 Å². The Labute approximate surface area is 235 Å². The minimum absolute atomic E-state index is 0.184. The molecule has 2 amide bonds. The molecular weight excluding hydrogens is 579 g/mol. The van der Waals surface area contributed by atoms with Gasteiger partial charge < -0.3 is 14.8 Å². The first kappa shape index (κ1) is 27.3. The highest BCUT2D eigenvalue weighted by molar-refractivity contribution is 9.10. The number of benzene rings is 3. The van der Waals surface area contributed by atoms with Crippen LogP contribution in [-0.2, 0) is 22.5 Å². The van der Waals surface area contributed by atoms with Crippen molar-refractivity contribution in [1.82, 2.24) is 10.2 Å². The van der Waals surface area contributed by atoms with Crippen molar-refractivity contribution in [2.75, 3.05) is 6.54 Å². The van der Waals surface area contributed by atoms with Crippen LogP contribution in [0.2, 0.25) is 10.0 Å². The summed E-state index contributed by atoms with van der Waals surface area (Å²) in [5.74, 6) is 0.750. The van der Waals surface area contributed by atoms with Gasteiger partial charge in [-0.05, 0) is 62.6 Å². The number of carbonyl (C=O) groups excluding carboxylic acids is 2. The fourth-order valence-corrected chi connectivity index (χ4v) is 4.71. The van der Waals surface area contributed by atoms with E-state index in [1.165, 1.54) is 4.90 Å². The van der Waals surface area contributed by atoms with Crippen LogP contribution in [0.25, 0.3) is 0 Å². The van der Waals surface area contributed by atoms with Crippen LogP contribution in [-0.4, -0.2) is 29.0 Å². The van der Waals surface area contributed by atoms with E-state index < -0.39 is 17.7 Å². The Bertz CT molecular complexity index is 1330. The molecule has 9 heteroatoms. The Balaban J connectivity index is 1.57. The van der Waals surface area contributed by atoms with E-state index in [0.29, 0.717) is 34.5 Å². The molecule has 0 saturated carbocycles. The summed E-state index contributed by atoms with van der Waals surface area (Å²) < 4.78 is 12.5. The molecule has 37 heavy (non-hydrogen) atoms. The van der Waals surface area contributed by atoms with Gasteiger partial charge in [0.25, 0.3) is 0 Å². The van der Waals surface area contributed by atoms with E-state index in [0.717, 1.165) is 21.2 Å². The predicted octanol–water partition coefficient (Wildman–Crippen LogP) is 7.70. The molecule has 1 N–H and O–H groups in total. The van der Waals surface area contributed by atoms with Gasteiger partial charge in [-0.2, -0.15) is 0 Å². The molecular formula is C28H27BrCl2N2O4. The van der Waals surface area contributed by atoms with Crippen molar-refractivity contribution in [3.63, 3.8) is 0 Å². The molecule has 1 unspecified atom stereocenters. The van der Waals surface area contributed by atoms with Crippen LogP contribution in [0.1, 0.15) is 43.5 Å². The molecule has 194 valence electrons. The molecule has 0 saturated heterocycles. The second-order valence-corrected chi connectivity index (χ2v) is 11.4. The molecule has 1 aliphatic rings. The summed E-state index contributed by atoms with van der Waals surface area (Å²) in [6.45, 7) is 5.99. The molecule has 0 aromatic heterocycles. The normalized spacial score (nSPS) is 15.1. The number of nitrogens with zero attached hydrogens (tertiary/aromatic N) is 1. The minimum atomic E-state index is -0.810. The van der Waals surface area contributed by atoms with E-state index in [-0.39, 0.29) is 12.5 Å². The molecule has 1 aliphatic heterocycles. The Morgan fingerprint density at radius 2 is 1.81 bits per heavy atom. The average molecular weight is 606 g/mol. The van der Waals surface area contributed by atoms with Gasteiger partial charge in [-0.25, -0.2) is 4.79 Å². The van der Waals surface area contributed by atoms with Crippen LogP contribution in [0.4, 0.5) is 4.79 Å². The van der Waals surface area contributed by atoms with E-state index in [4.69, 9.17) is 32.7 Å². The third-order valence-electron chi connectivity index (χ3n) is 5.76. The zero-order valence-electron chi connectivity index (χ0n) is 20.7. The lowest BCUT2D eigenvalue weighted by Crippen LogP contribution is -2.48. The summed E-state index contributed by atoms with van der Waals surface area (Å²) in [6.07, 6.45) is 0.127. The van der Waals surface area contributed by atoms with Gasteiger partial charge in [-0.15, -0.1) is 0 Å². The summed E-state index contributed by atoms with van der Waals surface area (Å²) in [5.41, 5.74) is 1.90. The first-order valence-corrected chi connectivity index (χ1v) is 13.3. The van der Waals surface area contributed by atoms with Crippen molar-refractivity contribution in [2.24, 2.45) is 0 Å². The average Bonchev–Trinajstić information content (AvgIpc) is 2.84. The van der Waals surface area contributed by atoms with E-state index in [1.807, 2.05) is 42.5 Å². The number of hydrogen-bond acceptors (Lipinski definition) is 4. The number of hydrogen-bond donors (Lipinski definition) is 1. The topological polar surface area (TPSA) is 67.9 Å². The lowest BCUT2D eigenvalue weighted by molar-refractivity contribution is -0.127. The van der Waals surface area contributed by atoms with Crippen molar-refractivity contribution in [2.45, 2.75) is 45.4 Å². The molecule has 3 aromatic carbocycles. The summed E-state index contributed by atoms with van der Waals surface area (Å²) in [6, 6.07) is 17.4. The molecule has 1 atom stereocenters. The maximum Gasteiger partial charge on any atom is 0.411 e. The van der Waals surface area contributed by atoms with Crippen LogP contribution in [0.15, 0.2) is 65.1 Å². The Kier molecular flexibility index (Phi) is 8.36. The van der Waals surface area contributed by atoms with Gasteiger partial charge >= 0.3 is 6.09 Å². The maximum absolute atomic E-state index is 13.6. The fourth-order valence-electron chi connectivity index (χ4n) is 4.08. The van der Waals surface area contributed by atoms with Crippen LogP contribution < -0.4 is 10.1 Å². The van der Waals surface area contributed by atoms with Crippen molar-refractivity contribution >= 4 is 51.1 Å². The highest BCUT2D eigenvalue weighted by Gasteiger charge is 2.38. The van der Waals surface area contributed by atoms with Crippen molar-refractivity contribution in [3.05, 3.63) is 91.9 Å². The van der Waals surface area contributed by atoms with E-state index in [2.05, 4.69) is 21.2 Å². The van der Waals surface area contributed by atoms with Crippen molar-refractivity contribution in [3.8, 4) is 11.5 Å². The standard InChI is InChI=1S/C28H27BrCl2N2O4/c1-28(2,3)37-27(35)33-13-12-17-6-4-5-7-21(17)25(33)26(34)32-16-18-8-9-19(29)14-24(18)36-20-10-11-22(30)23(31)15-20/h4-11,14-15,25H,12-13,16H2,1-3H3,(H,32,34). The van der Waals surface area contributed by atoms with Gasteiger partial charge in [0.05, 0.1) is 10.0 Å². The number of carbonyl (C=O) groups is 2. The molecule has 4 rings (SSSR count). The van der Waals surface area contributed by atoms with Crippen LogP contribution in [0.5, 0.6) is 11.5 Å². The molecule has 6 nitrogen and oxygen atoms in total. The quantitative estimate of drug-likeness (QED) is 0.323. The predicted molar refractivity (Wildman–Crippen MR) is 148 cm³/mol. The molecule has 0 spiro atoms. The molecule has 0 bridgehead atoms. The fraction of sp³-hybridized carbons (Fsp3) is 0.286. The monoisotopic (exact) mass is 604 g/mol. The lowest BCUT2D eigenvalue weighted by Gasteiger charge is -2.37. The van der Waals surface area contributed by atoms with Gasteiger partial charge in [0.1, 0.15) is 23.1 Å². The smallest absolute Gasteiger partial charge is 0.411 e. The highest BCUT2D eigenvalue weighted by Crippen LogP contribution is 2.34. The Morgan fingerprint density at radius 3 is 2.54 bits per heavy atom. The molecule has 3 aromatic rings. The second kappa shape index (κ2) is 11.3. The molecule has 0 radical (unpaired) electrons. The SMILES string of the molecule is CC(C)(C)OC(=O)N1CCc2ccccc2C1C(=O)NCc1ccc(Br)cc1Oc1ccc(Cl)c(Cl)c1. The van der Waals surface area contributed by atoms with E-state index >= 15 is 0 Å². The zero-order chi connectivity index (χ0) is 26.7. The van der Waals surface area contributed by atoms with Gasteiger partial charge in [0, 0.05) is 29.2 Å². The number of nitrogens with one attached hydrogen (secondary N) is 1. The largest absolute Gasteiger partial charge is 0.457 e. The third kappa shape index (κ3) is 6.78. The van der Waals surface area contributed by atoms with Crippen LogP contribution in [0.3, 0.4) is 0 Å². The van der Waals surface area contributed by atoms with Gasteiger partial charge in [-0.1, -0.05) is 69.5 Å². The van der Waals surface area contributed by atoms with Crippen LogP contribution in [0, 0.1) is 0 Å². The number of halogens is 3. The summed E-state index contributed by atoms with van der Waals surface area (Å²) in [5, 5.41) is 3.80. The molecule has 0 fully saturated rings. The molecule has 1 heterocycles. The zero-order valence-corrected chi connectivity index (χ0v) is 23.8. The maximum atomic E-state index is 13.6. The summed E-state index contributed by atoms with van der Waals surface area (Å²) >= 11 is 15.6.